The molecule has 0 aliphatic carbocycles. The Balaban J connectivity index is 1.89. The average molecular weight is 269 g/mol. The van der Waals surface area contributed by atoms with Crippen molar-refractivity contribution < 1.29 is 19.4 Å². The van der Waals surface area contributed by atoms with E-state index in [9.17, 15) is 9.59 Å². The maximum absolute atomic E-state index is 12.3. The summed E-state index contributed by atoms with van der Waals surface area (Å²) in [5.41, 5.74) is 0. The first kappa shape index (κ1) is 14.3. The van der Waals surface area contributed by atoms with Crippen LogP contribution >= 0.6 is 0 Å². The van der Waals surface area contributed by atoms with Gasteiger partial charge in [0.2, 0.25) is 0 Å². The fourth-order valence-electron chi connectivity index (χ4n) is 3.09. The predicted octanol–water partition coefficient (Wildman–Crippen LogP) is 1.51. The lowest BCUT2D eigenvalue weighted by molar-refractivity contribution is -0.143. The van der Waals surface area contributed by atoms with Crippen LogP contribution in [-0.4, -0.2) is 47.7 Å². The normalized spacial score (nSPS) is 29.2. The topological polar surface area (TPSA) is 66.8 Å². The zero-order chi connectivity index (χ0) is 13.8. The molecule has 0 aromatic rings. The molecule has 0 saturated carbocycles. The SMILES string of the molecule is CC(CC(=O)O)C1CCCN(C(=O)[C@@H]2CCCO2)C1. The van der Waals surface area contributed by atoms with Gasteiger partial charge in [0.05, 0.1) is 0 Å². The van der Waals surface area contributed by atoms with Gasteiger partial charge in [0, 0.05) is 26.1 Å². The zero-order valence-corrected chi connectivity index (χ0v) is 11.5. The van der Waals surface area contributed by atoms with Crippen LogP contribution in [0.15, 0.2) is 0 Å². The summed E-state index contributed by atoms with van der Waals surface area (Å²) in [7, 11) is 0. The monoisotopic (exact) mass is 269 g/mol. The molecule has 0 spiro atoms. The van der Waals surface area contributed by atoms with Gasteiger partial charge in [0.25, 0.3) is 5.91 Å². The van der Waals surface area contributed by atoms with E-state index in [1.54, 1.807) is 0 Å². The van der Waals surface area contributed by atoms with Gasteiger partial charge in [0.15, 0.2) is 0 Å². The van der Waals surface area contributed by atoms with Gasteiger partial charge in [0.1, 0.15) is 6.10 Å². The summed E-state index contributed by atoms with van der Waals surface area (Å²) in [6.45, 7) is 4.13. The molecule has 2 unspecified atom stereocenters. The molecule has 2 aliphatic rings. The molecule has 5 nitrogen and oxygen atoms in total. The van der Waals surface area contributed by atoms with Crippen molar-refractivity contribution in [3.8, 4) is 0 Å². The Labute approximate surface area is 113 Å². The third kappa shape index (κ3) is 3.69. The van der Waals surface area contributed by atoms with E-state index in [4.69, 9.17) is 9.84 Å². The summed E-state index contributed by atoms with van der Waals surface area (Å²) >= 11 is 0. The molecule has 1 amide bonds. The van der Waals surface area contributed by atoms with Crippen LogP contribution in [0.4, 0.5) is 0 Å². The highest BCUT2D eigenvalue weighted by atomic mass is 16.5. The quantitative estimate of drug-likeness (QED) is 0.840. The molecule has 108 valence electrons. The first-order valence-electron chi connectivity index (χ1n) is 7.20. The molecule has 0 aromatic heterocycles. The van der Waals surface area contributed by atoms with Gasteiger partial charge in [-0.1, -0.05) is 6.92 Å². The summed E-state index contributed by atoms with van der Waals surface area (Å²) in [5, 5.41) is 8.86. The fourth-order valence-corrected chi connectivity index (χ4v) is 3.09. The number of hydrogen-bond acceptors (Lipinski definition) is 3. The maximum Gasteiger partial charge on any atom is 0.303 e. The van der Waals surface area contributed by atoms with Crippen LogP contribution in [0.2, 0.25) is 0 Å². The number of carbonyl (C=O) groups excluding carboxylic acids is 1. The van der Waals surface area contributed by atoms with Crippen LogP contribution in [0.5, 0.6) is 0 Å². The highest BCUT2D eigenvalue weighted by molar-refractivity contribution is 5.81. The number of carboxylic acid groups (broad SMARTS) is 1. The van der Waals surface area contributed by atoms with Crippen LogP contribution in [0.25, 0.3) is 0 Å². The number of piperidine rings is 1. The molecule has 0 aromatic carbocycles. The van der Waals surface area contributed by atoms with Gasteiger partial charge in [-0.3, -0.25) is 9.59 Å². The van der Waals surface area contributed by atoms with E-state index in [1.165, 1.54) is 0 Å². The maximum atomic E-state index is 12.3. The number of likely N-dealkylation sites (tertiary alicyclic amines) is 1. The van der Waals surface area contributed by atoms with Crippen LogP contribution in [0.1, 0.15) is 39.0 Å². The lowest BCUT2D eigenvalue weighted by atomic mass is 9.84. The van der Waals surface area contributed by atoms with Gasteiger partial charge in [-0.2, -0.15) is 0 Å². The van der Waals surface area contributed by atoms with Crippen molar-refractivity contribution >= 4 is 11.9 Å². The van der Waals surface area contributed by atoms with Gasteiger partial charge >= 0.3 is 5.97 Å². The molecule has 2 fully saturated rings. The Morgan fingerprint density at radius 1 is 1.37 bits per heavy atom. The van der Waals surface area contributed by atoms with E-state index >= 15 is 0 Å². The van der Waals surface area contributed by atoms with Crippen molar-refractivity contribution in [1.29, 1.82) is 0 Å². The highest BCUT2D eigenvalue weighted by Gasteiger charge is 2.33. The van der Waals surface area contributed by atoms with Crippen molar-refractivity contribution in [3.63, 3.8) is 0 Å². The van der Waals surface area contributed by atoms with Crippen molar-refractivity contribution in [3.05, 3.63) is 0 Å². The summed E-state index contributed by atoms with van der Waals surface area (Å²) < 4.78 is 5.44. The lowest BCUT2D eigenvalue weighted by Crippen LogP contribution is -2.46. The average Bonchev–Trinajstić information content (AvgIpc) is 2.91. The molecule has 2 heterocycles. The number of carbonyl (C=O) groups is 2. The Hall–Kier alpha value is -1.10. The predicted molar refractivity (Wildman–Crippen MR) is 69.7 cm³/mol. The molecule has 19 heavy (non-hydrogen) atoms. The summed E-state index contributed by atoms with van der Waals surface area (Å²) in [6, 6.07) is 0. The third-order valence-corrected chi connectivity index (χ3v) is 4.28. The number of ether oxygens (including phenoxy) is 1. The minimum atomic E-state index is -0.755. The smallest absolute Gasteiger partial charge is 0.303 e. The Kier molecular flexibility index (Phi) is 4.80. The van der Waals surface area contributed by atoms with E-state index in [0.29, 0.717) is 19.1 Å². The summed E-state index contributed by atoms with van der Waals surface area (Å²) in [6.07, 6.45) is 3.70. The van der Waals surface area contributed by atoms with Crippen molar-refractivity contribution in [2.75, 3.05) is 19.7 Å². The summed E-state index contributed by atoms with van der Waals surface area (Å²) in [5.74, 6) is -0.229. The first-order chi connectivity index (χ1) is 9.08. The minimum Gasteiger partial charge on any atom is -0.481 e. The second kappa shape index (κ2) is 6.37. The Bertz CT molecular complexity index is 338. The third-order valence-electron chi connectivity index (χ3n) is 4.28. The second-order valence-corrected chi connectivity index (χ2v) is 5.76. The number of amides is 1. The minimum absolute atomic E-state index is 0.102. The number of hydrogen-bond donors (Lipinski definition) is 1. The lowest BCUT2D eigenvalue weighted by Gasteiger charge is -2.36. The first-order valence-corrected chi connectivity index (χ1v) is 7.20. The molecule has 2 aliphatic heterocycles. The van der Waals surface area contributed by atoms with E-state index in [2.05, 4.69) is 0 Å². The van der Waals surface area contributed by atoms with Gasteiger partial charge in [-0.05, 0) is 37.5 Å². The molecule has 0 radical (unpaired) electrons. The summed E-state index contributed by atoms with van der Waals surface area (Å²) in [4.78, 5) is 24.9. The van der Waals surface area contributed by atoms with Gasteiger partial charge < -0.3 is 14.7 Å². The number of nitrogens with zero attached hydrogens (tertiary/aromatic N) is 1. The molecule has 2 saturated heterocycles. The number of aliphatic carboxylic acids is 1. The van der Waals surface area contributed by atoms with Crippen LogP contribution in [-0.2, 0) is 14.3 Å². The molecule has 2 rings (SSSR count). The van der Waals surface area contributed by atoms with Gasteiger partial charge in [-0.25, -0.2) is 0 Å². The largest absolute Gasteiger partial charge is 0.481 e. The zero-order valence-electron chi connectivity index (χ0n) is 11.5. The standard InChI is InChI=1S/C14H23NO4/c1-10(8-13(16)17)11-4-2-6-15(9-11)14(18)12-5-3-7-19-12/h10-12H,2-9H2,1H3,(H,16,17)/t10?,11?,12-/m0/s1. The molecular weight excluding hydrogens is 246 g/mol. The van der Waals surface area contributed by atoms with E-state index in [1.807, 2.05) is 11.8 Å². The van der Waals surface area contributed by atoms with Crippen LogP contribution in [0.3, 0.4) is 0 Å². The number of rotatable bonds is 4. The van der Waals surface area contributed by atoms with Crippen LogP contribution < -0.4 is 0 Å². The molecule has 5 heteroatoms. The number of carboxylic acids is 1. The Morgan fingerprint density at radius 2 is 2.16 bits per heavy atom. The van der Waals surface area contributed by atoms with Crippen molar-refractivity contribution in [2.45, 2.75) is 45.1 Å². The Morgan fingerprint density at radius 3 is 2.79 bits per heavy atom. The highest BCUT2D eigenvalue weighted by Crippen LogP contribution is 2.27. The van der Waals surface area contributed by atoms with E-state index in [-0.39, 0.29) is 24.3 Å². The van der Waals surface area contributed by atoms with E-state index in [0.717, 1.165) is 32.2 Å². The molecular formula is C14H23NO4. The molecule has 0 bridgehead atoms. The van der Waals surface area contributed by atoms with Crippen molar-refractivity contribution in [2.24, 2.45) is 11.8 Å². The molecule has 1 N–H and O–H groups in total. The van der Waals surface area contributed by atoms with E-state index < -0.39 is 5.97 Å². The van der Waals surface area contributed by atoms with Crippen LogP contribution in [0, 0.1) is 11.8 Å². The second-order valence-electron chi connectivity index (χ2n) is 5.76. The van der Waals surface area contributed by atoms with Crippen molar-refractivity contribution in [1.82, 2.24) is 4.90 Å². The fraction of sp³-hybridized carbons (Fsp3) is 0.857. The molecule has 3 atom stereocenters. The van der Waals surface area contributed by atoms with Gasteiger partial charge in [-0.15, -0.1) is 0 Å².